The van der Waals surface area contributed by atoms with Crippen LogP contribution in [0, 0.1) is 0 Å². The first-order valence-electron chi connectivity index (χ1n) is 5.71. The number of ether oxygens (including phenoxy) is 1. The molecule has 0 radical (unpaired) electrons. The van der Waals surface area contributed by atoms with Gasteiger partial charge in [-0.15, -0.1) is 11.3 Å². The van der Waals surface area contributed by atoms with Crippen LogP contribution in [0.25, 0.3) is 0 Å². The molecule has 2 rings (SSSR count). The summed E-state index contributed by atoms with van der Waals surface area (Å²) in [5.74, 6) is -0.262. The molecule has 1 fully saturated rings. The molecule has 4 nitrogen and oxygen atoms in total. The third-order valence-corrected chi connectivity index (χ3v) is 3.55. The van der Waals surface area contributed by atoms with Crippen LogP contribution < -0.4 is 10.1 Å². The first-order valence-corrected chi connectivity index (χ1v) is 6.59. The molecule has 1 amide bonds. The largest absolute Gasteiger partial charge is 0.433 e. The molecule has 0 atom stereocenters. The second-order valence-corrected chi connectivity index (χ2v) is 4.80. The van der Waals surface area contributed by atoms with E-state index < -0.39 is 6.61 Å². The molecule has 100 valence electrons. The van der Waals surface area contributed by atoms with Crippen molar-refractivity contribution in [3.8, 4) is 5.75 Å². The van der Waals surface area contributed by atoms with Crippen molar-refractivity contribution in [2.75, 3.05) is 26.2 Å². The zero-order chi connectivity index (χ0) is 13.0. The SMILES string of the molecule is O=C(c1sccc1OC(F)F)N1CCCNCC1. The van der Waals surface area contributed by atoms with Crippen molar-refractivity contribution in [3.63, 3.8) is 0 Å². The summed E-state index contributed by atoms with van der Waals surface area (Å²) in [6.45, 7) is -0.0867. The number of nitrogens with zero attached hydrogens (tertiary/aromatic N) is 1. The highest BCUT2D eigenvalue weighted by molar-refractivity contribution is 7.12. The summed E-state index contributed by atoms with van der Waals surface area (Å²) < 4.78 is 28.7. The fourth-order valence-corrected chi connectivity index (χ4v) is 2.62. The number of nitrogens with one attached hydrogen (secondary N) is 1. The third kappa shape index (κ3) is 3.17. The first-order chi connectivity index (χ1) is 8.68. The first kappa shape index (κ1) is 13.2. The monoisotopic (exact) mass is 276 g/mol. The molecule has 0 aliphatic carbocycles. The maximum atomic E-state index is 12.2. The summed E-state index contributed by atoms with van der Waals surface area (Å²) in [5, 5.41) is 4.77. The second-order valence-electron chi connectivity index (χ2n) is 3.89. The zero-order valence-electron chi connectivity index (χ0n) is 9.70. The Morgan fingerprint density at radius 3 is 3.06 bits per heavy atom. The fraction of sp³-hybridized carbons (Fsp3) is 0.545. The number of carbonyl (C=O) groups excluding carboxylic acids is 1. The summed E-state index contributed by atoms with van der Waals surface area (Å²) in [6, 6.07) is 1.40. The van der Waals surface area contributed by atoms with Crippen LogP contribution >= 0.6 is 11.3 Å². The highest BCUT2D eigenvalue weighted by Crippen LogP contribution is 2.27. The van der Waals surface area contributed by atoms with E-state index in [1.54, 1.807) is 10.3 Å². The van der Waals surface area contributed by atoms with E-state index in [4.69, 9.17) is 0 Å². The van der Waals surface area contributed by atoms with E-state index in [1.165, 1.54) is 6.07 Å². The zero-order valence-corrected chi connectivity index (χ0v) is 10.5. The minimum atomic E-state index is -2.91. The van der Waals surface area contributed by atoms with Crippen molar-refractivity contribution in [3.05, 3.63) is 16.3 Å². The number of hydrogen-bond donors (Lipinski definition) is 1. The molecule has 2 heterocycles. The van der Waals surface area contributed by atoms with Gasteiger partial charge in [0.05, 0.1) is 0 Å². The molecule has 0 spiro atoms. The van der Waals surface area contributed by atoms with Crippen molar-refractivity contribution in [2.24, 2.45) is 0 Å². The van der Waals surface area contributed by atoms with Crippen molar-refractivity contribution < 1.29 is 18.3 Å². The molecular weight excluding hydrogens is 262 g/mol. The second kappa shape index (κ2) is 6.10. The third-order valence-electron chi connectivity index (χ3n) is 2.67. The molecule has 0 aromatic carbocycles. The lowest BCUT2D eigenvalue weighted by atomic mass is 10.3. The van der Waals surface area contributed by atoms with Crippen molar-refractivity contribution in [1.82, 2.24) is 10.2 Å². The Balaban J connectivity index is 2.09. The van der Waals surface area contributed by atoms with Gasteiger partial charge in [0, 0.05) is 19.6 Å². The standard InChI is InChI=1S/C11H14F2N2O2S/c12-11(13)17-8-2-7-18-9(8)10(16)15-5-1-3-14-4-6-15/h2,7,11,14H,1,3-6H2. The van der Waals surface area contributed by atoms with Crippen molar-refractivity contribution in [2.45, 2.75) is 13.0 Å². The molecule has 1 aromatic rings. The number of rotatable bonds is 3. The van der Waals surface area contributed by atoms with Gasteiger partial charge in [-0.25, -0.2) is 0 Å². The minimum Gasteiger partial charge on any atom is -0.433 e. The van der Waals surface area contributed by atoms with Gasteiger partial charge >= 0.3 is 6.61 Å². The molecule has 0 bridgehead atoms. The average Bonchev–Trinajstić information content (AvgIpc) is 2.63. The van der Waals surface area contributed by atoms with Crippen molar-refractivity contribution in [1.29, 1.82) is 0 Å². The summed E-state index contributed by atoms with van der Waals surface area (Å²) in [7, 11) is 0. The van der Waals surface area contributed by atoms with E-state index in [-0.39, 0.29) is 16.5 Å². The van der Waals surface area contributed by atoms with Gasteiger partial charge in [0.2, 0.25) is 0 Å². The maximum absolute atomic E-state index is 12.2. The van der Waals surface area contributed by atoms with Crippen LogP contribution in [0.3, 0.4) is 0 Å². The number of hydrogen-bond acceptors (Lipinski definition) is 4. The quantitative estimate of drug-likeness (QED) is 0.915. The van der Waals surface area contributed by atoms with Crippen LogP contribution in [0.5, 0.6) is 5.75 Å². The number of amides is 1. The molecular formula is C11H14F2N2O2S. The molecule has 0 unspecified atom stereocenters. The van der Waals surface area contributed by atoms with E-state index in [0.29, 0.717) is 13.1 Å². The molecule has 18 heavy (non-hydrogen) atoms. The Kier molecular flexibility index (Phi) is 4.48. The van der Waals surface area contributed by atoms with E-state index >= 15 is 0 Å². The smallest absolute Gasteiger partial charge is 0.387 e. The van der Waals surface area contributed by atoms with Crippen LogP contribution in [0.2, 0.25) is 0 Å². The Hall–Kier alpha value is -1.21. The van der Waals surface area contributed by atoms with Crippen LogP contribution in [0.15, 0.2) is 11.4 Å². The highest BCUT2D eigenvalue weighted by Gasteiger charge is 2.23. The lowest BCUT2D eigenvalue weighted by Crippen LogP contribution is -2.34. The number of thiophene rings is 1. The lowest BCUT2D eigenvalue weighted by Gasteiger charge is -2.19. The Morgan fingerprint density at radius 1 is 1.44 bits per heavy atom. The predicted molar refractivity (Wildman–Crippen MR) is 64.3 cm³/mol. The van der Waals surface area contributed by atoms with Gasteiger partial charge in [-0.05, 0) is 24.4 Å². The summed E-state index contributed by atoms with van der Waals surface area (Å²) in [4.78, 5) is 14.1. The van der Waals surface area contributed by atoms with Crippen LogP contribution in [0.4, 0.5) is 8.78 Å². The van der Waals surface area contributed by atoms with Gasteiger partial charge in [-0.3, -0.25) is 4.79 Å². The molecule has 1 aliphatic rings. The van der Waals surface area contributed by atoms with E-state index in [2.05, 4.69) is 10.1 Å². The van der Waals surface area contributed by atoms with E-state index in [1.807, 2.05) is 0 Å². The maximum Gasteiger partial charge on any atom is 0.387 e. The fourth-order valence-electron chi connectivity index (χ4n) is 1.83. The van der Waals surface area contributed by atoms with E-state index in [0.717, 1.165) is 30.8 Å². The molecule has 1 aliphatic heterocycles. The van der Waals surface area contributed by atoms with Crippen LogP contribution in [-0.4, -0.2) is 43.6 Å². The predicted octanol–water partition coefficient (Wildman–Crippen LogP) is 1.78. The number of alkyl halides is 2. The lowest BCUT2D eigenvalue weighted by molar-refractivity contribution is -0.0499. The van der Waals surface area contributed by atoms with Gasteiger partial charge < -0.3 is 15.0 Å². The Morgan fingerprint density at radius 2 is 2.28 bits per heavy atom. The molecule has 1 saturated heterocycles. The topological polar surface area (TPSA) is 41.6 Å². The van der Waals surface area contributed by atoms with Crippen LogP contribution in [0.1, 0.15) is 16.1 Å². The van der Waals surface area contributed by atoms with Crippen LogP contribution in [-0.2, 0) is 0 Å². The number of halogens is 2. The summed E-state index contributed by atoms with van der Waals surface area (Å²) in [5.41, 5.74) is 0. The average molecular weight is 276 g/mol. The normalized spacial score (nSPS) is 16.7. The minimum absolute atomic E-state index is 0.0304. The summed E-state index contributed by atoms with van der Waals surface area (Å²) >= 11 is 1.13. The number of carbonyl (C=O) groups is 1. The van der Waals surface area contributed by atoms with Gasteiger partial charge in [-0.2, -0.15) is 8.78 Å². The Bertz CT molecular complexity index is 404. The van der Waals surface area contributed by atoms with E-state index in [9.17, 15) is 13.6 Å². The molecule has 7 heteroatoms. The molecule has 0 saturated carbocycles. The van der Waals surface area contributed by atoms with Gasteiger partial charge in [0.1, 0.15) is 10.6 Å². The highest BCUT2D eigenvalue weighted by atomic mass is 32.1. The van der Waals surface area contributed by atoms with Gasteiger partial charge in [-0.1, -0.05) is 0 Å². The molecule has 1 N–H and O–H groups in total. The molecule has 1 aromatic heterocycles. The van der Waals surface area contributed by atoms with Gasteiger partial charge in [0.15, 0.2) is 0 Å². The van der Waals surface area contributed by atoms with Crippen molar-refractivity contribution >= 4 is 17.2 Å². The Labute approximate surface area is 108 Å². The van der Waals surface area contributed by atoms with Gasteiger partial charge in [0.25, 0.3) is 5.91 Å². The summed E-state index contributed by atoms with van der Waals surface area (Å²) in [6.07, 6.45) is 0.863.